The first-order valence-electron chi connectivity index (χ1n) is 8.45. The van der Waals surface area contributed by atoms with E-state index >= 15 is 0 Å². The van der Waals surface area contributed by atoms with Crippen molar-refractivity contribution < 1.29 is 14.7 Å². The van der Waals surface area contributed by atoms with Crippen LogP contribution in [-0.4, -0.2) is 39.9 Å². The number of rotatable bonds is 3. The number of halogens is 1. The Morgan fingerprint density at radius 2 is 2.12 bits per heavy atom. The summed E-state index contributed by atoms with van der Waals surface area (Å²) < 4.78 is 0. The van der Waals surface area contributed by atoms with E-state index in [-0.39, 0.29) is 29.0 Å². The molecule has 136 valence electrons. The Labute approximate surface area is 156 Å². The molecule has 2 amide bonds. The Hall–Kier alpha value is -2.60. The zero-order valence-electron chi connectivity index (χ0n) is 14.4. The molecule has 1 aromatic heterocycles. The highest BCUT2D eigenvalue weighted by atomic mass is 35.5. The number of nitrogens with zero attached hydrogens (tertiary/aromatic N) is 2. The van der Waals surface area contributed by atoms with Gasteiger partial charge in [-0.1, -0.05) is 23.2 Å². The van der Waals surface area contributed by atoms with Gasteiger partial charge in [0.1, 0.15) is 11.6 Å². The Morgan fingerprint density at radius 3 is 2.85 bits per heavy atom. The second kappa shape index (κ2) is 7.74. The van der Waals surface area contributed by atoms with Crippen molar-refractivity contribution in [3.63, 3.8) is 0 Å². The van der Waals surface area contributed by atoms with Gasteiger partial charge in [0.2, 0.25) is 5.91 Å². The molecule has 2 heterocycles. The summed E-state index contributed by atoms with van der Waals surface area (Å²) in [6.07, 6.45) is 2.89. The third-order valence-corrected chi connectivity index (χ3v) is 4.66. The Kier molecular flexibility index (Phi) is 5.42. The lowest BCUT2D eigenvalue weighted by atomic mass is 9.96. The number of carbonyl (C=O) groups excluding carboxylic acids is 2. The third kappa shape index (κ3) is 4.14. The summed E-state index contributed by atoms with van der Waals surface area (Å²) in [5.74, 6) is -0.368. The molecule has 6 nitrogen and oxygen atoms in total. The number of hydrogen-bond donors (Lipinski definition) is 2. The number of amides is 2. The highest BCUT2D eigenvalue weighted by Crippen LogP contribution is 2.24. The lowest BCUT2D eigenvalue weighted by molar-refractivity contribution is -0.121. The average Bonchev–Trinajstić information content (AvgIpc) is 2.65. The van der Waals surface area contributed by atoms with Gasteiger partial charge >= 0.3 is 0 Å². The maximum absolute atomic E-state index is 12.7. The maximum Gasteiger partial charge on any atom is 0.257 e. The fourth-order valence-electron chi connectivity index (χ4n) is 3.05. The van der Waals surface area contributed by atoms with Crippen molar-refractivity contribution in [2.75, 3.05) is 18.4 Å². The number of phenols is 1. The summed E-state index contributed by atoms with van der Waals surface area (Å²) in [5.41, 5.74) is 1.16. The zero-order valence-corrected chi connectivity index (χ0v) is 15.2. The van der Waals surface area contributed by atoms with Crippen molar-refractivity contribution >= 4 is 29.2 Å². The Balaban J connectivity index is 1.68. The number of benzene rings is 1. The van der Waals surface area contributed by atoms with E-state index in [1.54, 1.807) is 29.2 Å². The number of anilines is 1. The molecule has 1 aliphatic heterocycles. The Morgan fingerprint density at radius 1 is 1.31 bits per heavy atom. The monoisotopic (exact) mass is 373 g/mol. The molecule has 3 rings (SSSR count). The second-order valence-corrected chi connectivity index (χ2v) is 6.90. The maximum atomic E-state index is 12.7. The number of piperidine rings is 1. The molecule has 0 radical (unpaired) electrons. The quantitative estimate of drug-likeness (QED) is 0.865. The van der Waals surface area contributed by atoms with E-state index in [0.29, 0.717) is 30.4 Å². The molecule has 0 aliphatic carbocycles. The largest absolute Gasteiger partial charge is 0.507 e. The zero-order chi connectivity index (χ0) is 18.7. The molecular weight excluding hydrogens is 354 g/mol. The van der Waals surface area contributed by atoms with E-state index in [9.17, 15) is 14.7 Å². The third-order valence-electron chi connectivity index (χ3n) is 4.44. The van der Waals surface area contributed by atoms with Crippen molar-refractivity contribution in [2.45, 2.75) is 19.8 Å². The van der Waals surface area contributed by atoms with Gasteiger partial charge in [0, 0.05) is 19.3 Å². The van der Waals surface area contributed by atoms with Crippen LogP contribution in [0.2, 0.25) is 5.02 Å². The van der Waals surface area contributed by atoms with E-state index < -0.39 is 0 Å². The van der Waals surface area contributed by atoms with Gasteiger partial charge in [0.15, 0.2) is 0 Å². The van der Waals surface area contributed by atoms with Gasteiger partial charge in [-0.2, -0.15) is 0 Å². The normalized spacial score (nSPS) is 17.0. The predicted octanol–water partition coefficient (Wildman–Crippen LogP) is 3.24. The fourth-order valence-corrected chi connectivity index (χ4v) is 3.16. The molecule has 1 aromatic carbocycles. The van der Waals surface area contributed by atoms with Gasteiger partial charge in [-0.3, -0.25) is 9.59 Å². The fraction of sp³-hybridized carbons (Fsp3) is 0.316. The average molecular weight is 374 g/mol. The molecule has 1 saturated heterocycles. The standard InChI is InChI=1S/C19H20ClN3O3/c1-12-4-6-16(24)15(9-12)19(26)23-8-2-3-13(11-23)18(25)22-17-7-5-14(20)10-21-17/h4-7,9-10,13,24H,2-3,8,11H2,1H3,(H,21,22,25). The van der Waals surface area contributed by atoms with Crippen molar-refractivity contribution in [1.29, 1.82) is 0 Å². The van der Waals surface area contributed by atoms with Crippen LogP contribution in [0.15, 0.2) is 36.5 Å². The lowest BCUT2D eigenvalue weighted by Crippen LogP contribution is -2.43. The number of aryl methyl sites for hydroxylation is 1. The molecule has 1 aliphatic rings. The highest BCUT2D eigenvalue weighted by molar-refractivity contribution is 6.30. The number of pyridine rings is 1. The number of hydrogen-bond acceptors (Lipinski definition) is 4. The van der Waals surface area contributed by atoms with Crippen LogP contribution in [0.3, 0.4) is 0 Å². The molecule has 7 heteroatoms. The number of aromatic hydroxyl groups is 1. The van der Waals surface area contributed by atoms with Crippen molar-refractivity contribution in [2.24, 2.45) is 5.92 Å². The van der Waals surface area contributed by atoms with Crippen molar-refractivity contribution in [3.05, 3.63) is 52.7 Å². The van der Waals surface area contributed by atoms with E-state index in [1.807, 2.05) is 6.92 Å². The molecule has 2 aromatic rings. The molecule has 26 heavy (non-hydrogen) atoms. The summed E-state index contributed by atoms with van der Waals surface area (Å²) in [6, 6.07) is 8.22. The first-order valence-corrected chi connectivity index (χ1v) is 8.83. The van der Waals surface area contributed by atoms with E-state index in [1.165, 1.54) is 12.3 Å². The van der Waals surface area contributed by atoms with Gasteiger partial charge in [0.05, 0.1) is 16.5 Å². The van der Waals surface area contributed by atoms with Gasteiger partial charge in [-0.25, -0.2) is 4.98 Å². The van der Waals surface area contributed by atoms with Gasteiger partial charge < -0.3 is 15.3 Å². The van der Waals surface area contributed by atoms with Crippen LogP contribution in [0.1, 0.15) is 28.8 Å². The van der Waals surface area contributed by atoms with Crippen LogP contribution in [0.4, 0.5) is 5.82 Å². The SMILES string of the molecule is Cc1ccc(O)c(C(=O)N2CCCC(C(=O)Nc3ccc(Cl)cn3)C2)c1. The minimum atomic E-state index is -0.322. The smallest absolute Gasteiger partial charge is 0.257 e. The van der Waals surface area contributed by atoms with Crippen molar-refractivity contribution in [3.8, 4) is 5.75 Å². The van der Waals surface area contributed by atoms with Crippen LogP contribution >= 0.6 is 11.6 Å². The number of carbonyl (C=O) groups is 2. The summed E-state index contributed by atoms with van der Waals surface area (Å²) in [4.78, 5) is 30.9. The van der Waals surface area contributed by atoms with Gasteiger partial charge in [-0.15, -0.1) is 0 Å². The minimum Gasteiger partial charge on any atom is -0.507 e. The summed E-state index contributed by atoms with van der Waals surface area (Å²) in [6.45, 7) is 2.74. The van der Waals surface area contributed by atoms with E-state index in [4.69, 9.17) is 11.6 Å². The number of aromatic nitrogens is 1. The molecule has 1 unspecified atom stereocenters. The second-order valence-electron chi connectivity index (χ2n) is 6.46. The Bertz CT molecular complexity index is 823. The van der Waals surface area contributed by atoms with Crippen LogP contribution < -0.4 is 5.32 Å². The summed E-state index contributed by atoms with van der Waals surface area (Å²) >= 11 is 5.79. The molecule has 0 saturated carbocycles. The van der Waals surface area contributed by atoms with E-state index in [2.05, 4.69) is 10.3 Å². The molecule has 0 bridgehead atoms. The molecule has 1 fully saturated rings. The summed E-state index contributed by atoms with van der Waals surface area (Å²) in [5, 5.41) is 13.2. The molecule has 0 spiro atoms. The summed E-state index contributed by atoms with van der Waals surface area (Å²) in [7, 11) is 0. The first kappa shape index (κ1) is 18.2. The van der Waals surface area contributed by atoms with Crippen LogP contribution in [0.25, 0.3) is 0 Å². The molecular formula is C19H20ClN3O3. The lowest BCUT2D eigenvalue weighted by Gasteiger charge is -2.32. The van der Waals surface area contributed by atoms with E-state index in [0.717, 1.165) is 12.0 Å². The van der Waals surface area contributed by atoms with Crippen LogP contribution in [0.5, 0.6) is 5.75 Å². The minimum absolute atomic E-state index is 0.0439. The number of nitrogens with one attached hydrogen (secondary N) is 1. The highest BCUT2D eigenvalue weighted by Gasteiger charge is 2.30. The number of likely N-dealkylation sites (tertiary alicyclic amines) is 1. The van der Waals surface area contributed by atoms with Gasteiger partial charge in [0.25, 0.3) is 5.91 Å². The molecule has 1 atom stereocenters. The van der Waals surface area contributed by atoms with Gasteiger partial charge in [-0.05, 0) is 44.0 Å². The van der Waals surface area contributed by atoms with Crippen LogP contribution in [0, 0.1) is 12.8 Å². The van der Waals surface area contributed by atoms with Crippen molar-refractivity contribution in [1.82, 2.24) is 9.88 Å². The topological polar surface area (TPSA) is 82.5 Å². The predicted molar refractivity (Wildman–Crippen MR) is 99.3 cm³/mol. The number of phenolic OH excluding ortho intramolecular Hbond substituents is 1. The first-order chi connectivity index (χ1) is 12.4. The molecule has 2 N–H and O–H groups in total. The van der Waals surface area contributed by atoms with Crippen LogP contribution in [-0.2, 0) is 4.79 Å².